The average Bonchev–Trinajstić information content (AvgIpc) is 2.00. The maximum Gasteiger partial charge on any atom is 0.236 e. The van der Waals surface area contributed by atoms with E-state index in [2.05, 4.69) is 10.6 Å². The molecule has 66 valence electrons. The van der Waals surface area contributed by atoms with Gasteiger partial charge in [0.25, 0.3) is 0 Å². The minimum atomic E-state index is -0.220. The smallest absolute Gasteiger partial charge is 0.236 e. The molecule has 0 aliphatic heterocycles. The summed E-state index contributed by atoms with van der Waals surface area (Å²) >= 11 is 0. The van der Waals surface area contributed by atoms with Crippen molar-refractivity contribution < 1.29 is 9.90 Å². The Labute approximate surface area is 67.0 Å². The molecule has 0 spiro atoms. The fourth-order valence-electron chi connectivity index (χ4n) is 0.701. The Morgan fingerprint density at radius 1 is 1.64 bits per heavy atom. The first kappa shape index (κ1) is 10.4. The van der Waals surface area contributed by atoms with Crippen LogP contribution in [0.4, 0.5) is 0 Å². The molecule has 0 rings (SSSR count). The van der Waals surface area contributed by atoms with Crippen LogP contribution in [0.5, 0.6) is 0 Å². The lowest BCUT2D eigenvalue weighted by Crippen LogP contribution is -2.42. The van der Waals surface area contributed by atoms with E-state index in [-0.39, 0.29) is 18.6 Å². The van der Waals surface area contributed by atoms with E-state index in [4.69, 9.17) is 5.11 Å². The molecule has 0 aromatic carbocycles. The van der Waals surface area contributed by atoms with E-state index in [1.807, 2.05) is 6.92 Å². The van der Waals surface area contributed by atoms with E-state index in [1.165, 1.54) is 0 Å². The van der Waals surface area contributed by atoms with E-state index >= 15 is 0 Å². The van der Waals surface area contributed by atoms with Crippen LogP contribution in [-0.2, 0) is 4.79 Å². The van der Waals surface area contributed by atoms with Crippen LogP contribution in [0.2, 0.25) is 0 Å². The summed E-state index contributed by atoms with van der Waals surface area (Å²) in [6.45, 7) is 4.79. The fraction of sp³-hybridized carbons (Fsp3) is 0.857. The van der Waals surface area contributed by atoms with Gasteiger partial charge >= 0.3 is 0 Å². The van der Waals surface area contributed by atoms with Gasteiger partial charge in [0.2, 0.25) is 5.91 Å². The lowest BCUT2D eigenvalue weighted by molar-refractivity contribution is -0.122. The van der Waals surface area contributed by atoms with Gasteiger partial charge in [-0.2, -0.15) is 0 Å². The van der Waals surface area contributed by atoms with Crippen molar-refractivity contribution in [3.63, 3.8) is 0 Å². The zero-order chi connectivity index (χ0) is 8.69. The maximum atomic E-state index is 11.0. The number of carbonyl (C=O) groups excluding carboxylic acids is 1. The van der Waals surface area contributed by atoms with Crippen LogP contribution < -0.4 is 10.6 Å². The number of carbonyl (C=O) groups is 1. The molecule has 0 fully saturated rings. The predicted octanol–water partition coefficient (Wildman–Crippen LogP) is -0.907. The minimum absolute atomic E-state index is 0.0269. The second-order valence-corrected chi connectivity index (χ2v) is 2.29. The molecule has 1 unspecified atom stereocenters. The van der Waals surface area contributed by atoms with Crippen LogP contribution in [0.1, 0.15) is 13.8 Å². The molecule has 0 saturated carbocycles. The normalized spacial score (nSPS) is 12.6. The van der Waals surface area contributed by atoms with Crippen molar-refractivity contribution in [1.29, 1.82) is 0 Å². The number of likely N-dealkylation sites (N-methyl/N-ethyl adjacent to an activating group) is 1. The topological polar surface area (TPSA) is 61.4 Å². The quantitative estimate of drug-likeness (QED) is 0.488. The summed E-state index contributed by atoms with van der Waals surface area (Å²) < 4.78 is 0. The largest absolute Gasteiger partial charge is 0.395 e. The first-order valence-corrected chi connectivity index (χ1v) is 3.84. The van der Waals surface area contributed by atoms with Crippen LogP contribution >= 0.6 is 0 Å². The second-order valence-electron chi connectivity index (χ2n) is 2.29. The lowest BCUT2D eigenvalue weighted by atomic mass is 10.3. The van der Waals surface area contributed by atoms with Crippen LogP contribution in [0.25, 0.3) is 0 Å². The Hall–Kier alpha value is -0.610. The first-order valence-electron chi connectivity index (χ1n) is 3.84. The highest BCUT2D eigenvalue weighted by molar-refractivity contribution is 5.81. The number of aliphatic hydroxyl groups is 1. The molecule has 0 saturated heterocycles. The summed E-state index contributed by atoms with van der Waals surface area (Å²) in [5.74, 6) is -0.0269. The van der Waals surface area contributed by atoms with Gasteiger partial charge in [0.05, 0.1) is 12.6 Å². The highest BCUT2D eigenvalue weighted by atomic mass is 16.3. The van der Waals surface area contributed by atoms with Crippen molar-refractivity contribution in [3.05, 3.63) is 0 Å². The van der Waals surface area contributed by atoms with E-state index < -0.39 is 0 Å². The standard InChI is InChI=1S/C7H16N2O2/c1-3-8-7(11)6(2)9-4-5-10/h6,9-10H,3-5H2,1-2H3,(H,8,11). The first-order chi connectivity index (χ1) is 5.22. The highest BCUT2D eigenvalue weighted by Gasteiger charge is 2.08. The SMILES string of the molecule is CCNC(=O)C(C)NCCO. The van der Waals surface area contributed by atoms with Crippen LogP contribution in [0.3, 0.4) is 0 Å². The van der Waals surface area contributed by atoms with Gasteiger partial charge in [-0.25, -0.2) is 0 Å². The maximum absolute atomic E-state index is 11.0. The average molecular weight is 160 g/mol. The Morgan fingerprint density at radius 3 is 2.73 bits per heavy atom. The number of hydrogen-bond acceptors (Lipinski definition) is 3. The molecule has 0 aliphatic carbocycles. The number of hydrogen-bond donors (Lipinski definition) is 3. The molecule has 0 radical (unpaired) electrons. The molecule has 0 aliphatic rings. The van der Waals surface area contributed by atoms with Gasteiger partial charge in [-0.1, -0.05) is 0 Å². The summed E-state index contributed by atoms with van der Waals surface area (Å²) in [4.78, 5) is 11.0. The van der Waals surface area contributed by atoms with Gasteiger partial charge < -0.3 is 15.7 Å². The Kier molecular flexibility index (Phi) is 5.78. The number of aliphatic hydroxyl groups excluding tert-OH is 1. The molecule has 0 aromatic heterocycles. The summed E-state index contributed by atoms with van der Waals surface area (Å²) in [6.07, 6.45) is 0. The molecule has 4 nitrogen and oxygen atoms in total. The molecule has 3 N–H and O–H groups in total. The molecule has 1 atom stereocenters. The van der Waals surface area contributed by atoms with Crippen molar-refractivity contribution in [2.24, 2.45) is 0 Å². The van der Waals surface area contributed by atoms with Crippen molar-refractivity contribution in [2.45, 2.75) is 19.9 Å². The molecule has 1 amide bonds. The Bertz CT molecular complexity index is 117. The van der Waals surface area contributed by atoms with Crippen molar-refractivity contribution in [2.75, 3.05) is 19.7 Å². The van der Waals surface area contributed by atoms with E-state index in [1.54, 1.807) is 6.92 Å². The zero-order valence-corrected chi connectivity index (χ0v) is 7.05. The molecule has 0 heterocycles. The molecular formula is C7H16N2O2. The number of nitrogens with one attached hydrogen (secondary N) is 2. The van der Waals surface area contributed by atoms with Crippen molar-refractivity contribution in [3.8, 4) is 0 Å². The van der Waals surface area contributed by atoms with Gasteiger partial charge in [-0.3, -0.25) is 4.79 Å². The number of rotatable bonds is 5. The number of amides is 1. The molecule has 4 heteroatoms. The third-order valence-corrected chi connectivity index (χ3v) is 1.31. The van der Waals surface area contributed by atoms with Gasteiger partial charge in [0.1, 0.15) is 0 Å². The van der Waals surface area contributed by atoms with Crippen LogP contribution in [0, 0.1) is 0 Å². The summed E-state index contributed by atoms with van der Waals surface area (Å²) in [7, 11) is 0. The summed E-state index contributed by atoms with van der Waals surface area (Å²) in [6, 6.07) is -0.220. The predicted molar refractivity (Wildman–Crippen MR) is 43.2 cm³/mol. The van der Waals surface area contributed by atoms with Crippen molar-refractivity contribution >= 4 is 5.91 Å². The van der Waals surface area contributed by atoms with Gasteiger partial charge in [0, 0.05) is 13.1 Å². The van der Waals surface area contributed by atoms with Gasteiger partial charge in [-0.05, 0) is 13.8 Å². The summed E-state index contributed by atoms with van der Waals surface area (Å²) in [5.41, 5.74) is 0. The van der Waals surface area contributed by atoms with E-state index in [9.17, 15) is 4.79 Å². The Balaban J connectivity index is 3.46. The van der Waals surface area contributed by atoms with Crippen LogP contribution in [-0.4, -0.2) is 36.8 Å². The highest BCUT2D eigenvalue weighted by Crippen LogP contribution is 1.79. The molecule has 11 heavy (non-hydrogen) atoms. The van der Waals surface area contributed by atoms with Crippen LogP contribution in [0.15, 0.2) is 0 Å². The van der Waals surface area contributed by atoms with Gasteiger partial charge in [0.15, 0.2) is 0 Å². The third-order valence-electron chi connectivity index (χ3n) is 1.31. The third kappa shape index (κ3) is 4.75. The molecule has 0 aromatic rings. The lowest BCUT2D eigenvalue weighted by Gasteiger charge is -2.11. The van der Waals surface area contributed by atoms with E-state index in [0.717, 1.165) is 0 Å². The monoisotopic (exact) mass is 160 g/mol. The minimum Gasteiger partial charge on any atom is -0.395 e. The van der Waals surface area contributed by atoms with E-state index in [0.29, 0.717) is 13.1 Å². The second kappa shape index (κ2) is 6.12. The van der Waals surface area contributed by atoms with Crippen molar-refractivity contribution in [1.82, 2.24) is 10.6 Å². The van der Waals surface area contributed by atoms with Gasteiger partial charge in [-0.15, -0.1) is 0 Å². The Morgan fingerprint density at radius 2 is 2.27 bits per heavy atom. The fourth-order valence-corrected chi connectivity index (χ4v) is 0.701. The summed E-state index contributed by atoms with van der Waals surface area (Å²) in [5, 5.41) is 14.0. The molecule has 0 bridgehead atoms. The zero-order valence-electron chi connectivity index (χ0n) is 7.05. The molecular weight excluding hydrogens is 144 g/mol.